The van der Waals surface area contributed by atoms with E-state index in [0.717, 1.165) is 12.8 Å². The van der Waals surface area contributed by atoms with E-state index in [0.29, 0.717) is 10.0 Å². The Morgan fingerprint density at radius 3 is 2.43 bits per heavy atom. The summed E-state index contributed by atoms with van der Waals surface area (Å²) in [5.74, 6) is -1.40. The zero-order valence-electron chi connectivity index (χ0n) is 13.2. The number of nitrogens with one attached hydrogen (secondary N) is 2. The molecular formula is C16H21BrN2O4. The van der Waals surface area contributed by atoms with Crippen LogP contribution in [0.5, 0.6) is 0 Å². The zero-order chi connectivity index (χ0) is 17.2. The molecule has 1 aromatic rings. The molecule has 0 atom stereocenters. The van der Waals surface area contributed by atoms with Crippen LogP contribution in [0.25, 0.3) is 0 Å². The lowest BCUT2D eigenvalue weighted by Gasteiger charge is -2.14. The van der Waals surface area contributed by atoms with Gasteiger partial charge in [-0.25, -0.2) is 0 Å². The monoisotopic (exact) mass is 384 g/mol. The summed E-state index contributed by atoms with van der Waals surface area (Å²) < 4.78 is 5.47. The van der Waals surface area contributed by atoms with E-state index in [9.17, 15) is 14.4 Å². The van der Waals surface area contributed by atoms with E-state index in [-0.39, 0.29) is 25.1 Å². The molecule has 0 unspecified atom stereocenters. The number of rotatable bonds is 8. The molecule has 0 aliphatic carbocycles. The van der Waals surface area contributed by atoms with Gasteiger partial charge in [0, 0.05) is 10.5 Å². The van der Waals surface area contributed by atoms with Gasteiger partial charge in [0.1, 0.15) is 6.54 Å². The Labute approximate surface area is 144 Å². The van der Waals surface area contributed by atoms with Gasteiger partial charge in [0.25, 0.3) is 11.8 Å². The highest BCUT2D eigenvalue weighted by Gasteiger charge is 2.13. The maximum atomic E-state index is 11.9. The highest BCUT2D eigenvalue weighted by atomic mass is 79.9. The van der Waals surface area contributed by atoms with Crippen molar-refractivity contribution in [1.29, 1.82) is 0 Å². The Hall–Kier alpha value is -1.89. The minimum absolute atomic E-state index is 0.0799. The van der Waals surface area contributed by atoms with Crippen molar-refractivity contribution in [2.75, 3.05) is 13.2 Å². The molecule has 0 aromatic heterocycles. The summed E-state index contributed by atoms with van der Waals surface area (Å²) >= 11 is 3.26. The fourth-order valence-corrected chi connectivity index (χ4v) is 2.32. The number of esters is 1. The summed E-state index contributed by atoms with van der Waals surface area (Å²) in [7, 11) is 0. The molecule has 0 aliphatic rings. The summed E-state index contributed by atoms with van der Waals surface area (Å²) in [5, 5.41) is 5.21. The van der Waals surface area contributed by atoms with Gasteiger partial charge in [-0.05, 0) is 40.9 Å². The molecule has 0 saturated heterocycles. The van der Waals surface area contributed by atoms with Gasteiger partial charge in [0.15, 0.2) is 6.61 Å². The van der Waals surface area contributed by atoms with Crippen LogP contribution >= 0.6 is 15.9 Å². The van der Waals surface area contributed by atoms with Crippen molar-refractivity contribution in [3.05, 3.63) is 34.3 Å². The first-order valence-electron chi connectivity index (χ1n) is 7.45. The van der Waals surface area contributed by atoms with Crippen LogP contribution in [0.3, 0.4) is 0 Å². The van der Waals surface area contributed by atoms with Crippen molar-refractivity contribution in [2.45, 2.75) is 32.7 Å². The van der Waals surface area contributed by atoms with Crippen LogP contribution in [0, 0.1) is 0 Å². The summed E-state index contributed by atoms with van der Waals surface area (Å²) in [6, 6.07) is 6.95. The van der Waals surface area contributed by atoms with E-state index >= 15 is 0 Å². The maximum absolute atomic E-state index is 11.9. The molecule has 0 spiro atoms. The topological polar surface area (TPSA) is 84.5 Å². The number of amides is 2. The van der Waals surface area contributed by atoms with Crippen molar-refractivity contribution in [3.8, 4) is 0 Å². The van der Waals surface area contributed by atoms with Gasteiger partial charge in [-0.2, -0.15) is 0 Å². The van der Waals surface area contributed by atoms with Gasteiger partial charge in [-0.1, -0.05) is 26.0 Å². The van der Waals surface area contributed by atoms with Crippen LogP contribution in [-0.2, 0) is 14.3 Å². The van der Waals surface area contributed by atoms with Gasteiger partial charge in [-0.3, -0.25) is 14.4 Å². The first-order chi connectivity index (χ1) is 11.0. The molecule has 2 N–H and O–H groups in total. The minimum Gasteiger partial charge on any atom is -0.454 e. The normalized spacial score (nSPS) is 10.3. The molecule has 1 aromatic carbocycles. The van der Waals surface area contributed by atoms with E-state index < -0.39 is 11.9 Å². The first-order valence-corrected chi connectivity index (χ1v) is 8.24. The lowest BCUT2D eigenvalue weighted by molar-refractivity contribution is -0.147. The smallest absolute Gasteiger partial charge is 0.325 e. The predicted octanol–water partition coefficient (Wildman–Crippen LogP) is 2.03. The number of hydrogen-bond donors (Lipinski definition) is 2. The minimum atomic E-state index is -0.662. The van der Waals surface area contributed by atoms with Gasteiger partial charge < -0.3 is 15.4 Å². The Morgan fingerprint density at radius 2 is 1.83 bits per heavy atom. The second kappa shape index (κ2) is 9.99. The molecule has 0 heterocycles. The van der Waals surface area contributed by atoms with Gasteiger partial charge in [0.05, 0.1) is 5.56 Å². The molecule has 0 radical (unpaired) electrons. The molecule has 0 saturated carbocycles. The van der Waals surface area contributed by atoms with E-state index in [2.05, 4.69) is 26.6 Å². The summed E-state index contributed by atoms with van der Waals surface area (Å²) in [6.07, 6.45) is 1.64. The number of halogens is 1. The number of carbonyl (C=O) groups excluding carboxylic acids is 3. The number of hydrogen-bond acceptors (Lipinski definition) is 4. The van der Waals surface area contributed by atoms with Crippen LogP contribution in [-0.4, -0.2) is 37.0 Å². The molecule has 0 fully saturated rings. The van der Waals surface area contributed by atoms with E-state index in [1.54, 1.807) is 24.3 Å². The predicted molar refractivity (Wildman–Crippen MR) is 89.9 cm³/mol. The van der Waals surface area contributed by atoms with Crippen LogP contribution in [0.1, 0.15) is 37.0 Å². The van der Waals surface area contributed by atoms with E-state index in [1.165, 1.54) is 0 Å². The first kappa shape index (κ1) is 19.2. The third-order valence-electron chi connectivity index (χ3n) is 3.23. The SMILES string of the molecule is CCC(CC)NC(=O)COC(=O)CNC(=O)c1ccccc1Br. The summed E-state index contributed by atoms with van der Waals surface area (Å²) in [4.78, 5) is 35.1. The van der Waals surface area contributed by atoms with Crippen molar-refractivity contribution in [1.82, 2.24) is 10.6 Å². The Bertz CT molecular complexity index is 559. The fourth-order valence-electron chi connectivity index (χ4n) is 1.85. The maximum Gasteiger partial charge on any atom is 0.325 e. The average Bonchev–Trinajstić information content (AvgIpc) is 2.56. The van der Waals surface area contributed by atoms with Crippen molar-refractivity contribution in [2.24, 2.45) is 0 Å². The third kappa shape index (κ3) is 6.81. The highest BCUT2D eigenvalue weighted by molar-refractivity contribution is 9.10. The standard InChI is InChI=1S/C16H21BrN2O4/c1-3-11(4-2)19-14(20)10-23-15(21)9-18-16(22)12-7-5-6-8-13(12)17/h5-8,11H,3-4,9-10H2,1-2H3,(H,18,22)(H,19,20). The van der Waals surface area contributed by atoms with Crippen LogP contribution in [0.15, 0.2) is 28.7 Å². The van der Waals surface area contributed by atoms with E-state index in [1.807, 2.05) is 13.8 Å². The second-order valence-electron chi connectivity index (χ2n) is 4.90. The molecule has 6 nitrogen and oxygen atoms in total. The van der Waals surface area contributed by atoms with Crippen LogP contribution < -0.4 is 10.6 Å². The van der Waals surface area contributed by atoms with E-state index in [4.69, 9.17) is 4.74 Å². The molecule has 7 heteroatoms. The van der Waals surface area contributed by atoms with Crippen molar-refractivity contribution >= 4 is 33.7 Å². The second-order valence-corrected chi connectivity index (χ2v) is 5.76. The van der Waals surface area contributed by atoms with Crippen molar-refractivity contribution in [3.63, 3.8) is 0 Å². The average molecular weight is 385 g/mol. The van der Waals surface area contributed by atoms with Gasteiger partial charge in [0.2, 0.25) is 0 Å². The molecule has 126 valence electrons. The quantitative estimate of drug-likeness (QED) is 0.671. The molecule has 0 aliphatic heterocycles. The molecule has 23 heavy (non-hydrogen) atoms. The Morgan fingerprint density at radius 1 is 1.17 bits per heavy atom. The van der Waals surface area contributed by atoms with Crippen LogP contribution in [0.4, 0.5) is 0 Å². The molecular weight excluding hydrogens is 364 g/mol. The third-order valence-corrected chi connectivity index (χ3v) is 3.92. The number of benzene rings is 1. The Balaban J connectivity index is 2.33. The lowest BCUT2D eigenvalue weighted by Crippen LogP contribution is -2.38. The van der Waals surface area contributed by atoms with Crippen molar-refractivity contribution < 1.29 is 19.1 Å². The molecule has 2 amide bonds. The number of ether oxygens (including phenoxy) is 1. The summed E-state index contributed by atoms with van der Waals surface area (Å²) in [5.41, 5.74) is 0.423. The molecule has 1 rings (SSSR count). The number of carbonyl (C=O) groups is 3. The zero-order valence-corrected chi connectivity index (χ0v) is 14.8. The Kier molecular flexibility index (Phi) is 8.32. The largest absolute Gasteiger partial charge is 0.454 e. The fraction of sp³-hybridized carbons (Fsp3) is 0.438. The van der Waals surface area contributed by atoms with Crippen LogP contribution in [0.2, 0.25) is 0 Å². The lowest BCUT2D eigenvalue weighted by atomic mass is 10.2. The molecule has 0 bridgehead atoms. The van der Waals surface area contributed by atoms with Gasteiger partial charge >= 0.3 is 5.97 Å². The van der Waals surface area contributed by atoms with Gasteiger partial charge in [-0.15, -0.1) is 0 Å². The summed E-state index contributed by atoms with van der Waals surface area (Å²) in [6.45, 7) is 3.30. The highest BCUT2D eigenvalue weighted by Crippen LogP contribution is 2.15.